The summed E-state index contributed by atoms with van der Waals surface area (Å²) in [6.45, 7) is 5.07. The number of fused-ring (bicyclic) bond motifs is 1. The molecule has 4 heteroatoms. The highest BCUT2D eigenvalue weighted by Crippen LogP contribution is 2.21. The molecule has 3 nitrogen and oxygen atoms in total. The van der Waals surface area contributed by atoms with Crippen LogP contribution in [0, 0.1) is 12.7 Å². The van der Waals surface area contributed by atoms with E-state index >= 15 is 0 Å². The van der Waals surface area contributed by atoms with Gasteiger partial charge in [-0.1, -0.05) is 24.3 Å². The molecule has 0 bridgehead atoms. The van der Waals surface area contributed by atoms with Gasteiger partial charge in [-0.15, -0.1) is 0 Å². The first-order chi connectivity index (χ1) is 13.0. The van der Waals surface area contributed by atoms with Gasteiger partial charge in [0.1, 0.15) is 5.82 Å². The fraction of sp³-hybridized carbons (Fsp3) is 0.348. The van der Waals surface area contributed by atoms with Crippen LogP contribution in [0.15, 0.2) is 54.9 Å². The van der Waals surface area contributed by atoms with Gasteiger partial charge in [0.25, 0.3) is 0 Å². The number of aliphatic hydroxyl groups is 1. The van der Waals surface area contributed by atoms with Crippen molar-refractivity contribution in [3.63, 3.8) is 0 Å². The van der Waals surface area contributed by atoms with Gasteiger partial charge in [0.05, 0.1) is 6.10 Å². The van der Waals surface area contributed by atoms with Gasteiger partial charge in [0, 0.05) is 30.4 Å². The number of aryl methyl sites for hydroxylation is 1. The quantitative estimate of drug-likeness (QED) is 0.585. The van der Waals surface area contributed by atoms with Crippen molar-refractivity contribution in [2.45, 2.75) is 51.8 Å². The zero-order chi connectivity index (χ0) is 19.2. The van der Waals surface area contributed by atoms with Crippen molar-refractivity contribution in [2.75, 3.05) is 0 Å². The molecule has 0 amide bonds. The van der Waals surface area contributed by atoms with E-state index in [0.29, 0.717) is 12.5 Å². The Morgan fingerprint density at radius 2 is 1.85 bits per heavy atom. The molecule has 0 saturated heterocycles. The molecular weight excluding hydrogens is 339 g/mol. The maximum atomic E-state index is 12.9. The monoisotopic (exact) mass is 366 g/mol. The van der Waals surface area contributed by atoms with Crippen LogP contribution < -0.4 is 5.32 Å². The molecule has 2 atom stereocenters. The maximum absolute atomic E-state index is 12.9. The molecule has 3 aromatic rings. The fourth-order valence-electron chi connectivity index (χ4n) is 3.33. The minimum atomic E-state index is -0.533. The predicted molar refractivity (Wildman–Crippen MR) is 108 cm³/mol. The average Bonchev–Trinajstić information content (AvgIpc) is 2.67. The molecule has 2 N–H and O–H groups in total. The number of nitrogens with zero attached hydrogens (tertiary/aromatic N) is 1. The lowest BCUT2D eigenvalue weighted by Gasteiger charge is -2.16. The topological polar surface area (TPSA) is 45.2 Å². The summed E-state index contributed by atoms with van der Waals surface area (Å²) in [4.78, 5) is 4.24. The number of aromatic nitrogens is 1. The van der Waals surface area contributed by atoms with Crippen LogP contribution in [0.25, 0.3) is 10.8 Å². The minimum Gasteiger partial charge on any atom is -0.388 e. The number of hydrogen-bond donors (Lipinski definition) is 2. The van der Waals surface area contributed by atoms with Gasteiger partial charge in [-0.05, 0) is 73.4 Å². The van der Waals surface area contributed by atoms with Gasteiger partial charge in [-0.2, -0.15) is 0 Å². The summed E-state index contributed by atoms with van der Waals surface area (Å²) in [5.41, 5.74) is 3.23. The van der Waals surface area contributed by atoms with Crippen molar-refractivity contribution in [3.8, 4) is 0 Å². The first-order valence-corrected chi connectivity index (χ1v) is 9.53. The van der Waals surface area contributed by atoms with Crippen LogP contribution in [0.4, 0.5) is 4.39 Å². The lowest BCUT2D eigenvalue weighted by Crippen LogP contribution is -2.25. The van der Waals surface area contributed by atoms with E-state index in [1.807, 2.05) is 12.4 Å². The van der Waals surface area contributed by atoms with Crippen molar-refractivity contribution in [1.29, 1.82) is 0 Å². The van der Waals surface area contributed by atoms with Crippen LogP contribution in [0.2, 0.25) is 0 Å². The highest BCUT2D eigenvalue weighted by atomic mass is 19.1. The number of hydrogen-bond acceptors (Lipinski definition) is 3. The van der Waals surface area contributed by atoms with Crippen molar-refractivity contribution in [2.24, 2.45) is 0 Å². The normalized spacial score (nSPS) is 13.6. The van der Waals surface area contributed by atoms with E-state index in [0.717, 1.165) is 24.9 Å². The highest BCUT2D eigenvalue weighted by molar-refractivity contribution is 5.85. The first-order valence-electron chi connectivity index (χ1n) is 9.53. The molecule has 3 rings (SSSR count). The SMILES string of the molecule is Cc1cncc2ccc(CN[C@H](C)CCCC(O)c3ccc(F)cc3)cc12. The number of aliphatic hydroxyl groups excluding tert-OH is 1. The van der Waals surface area contributed by atoms with Gasteiger partial charge in [-0.25, -0.2) is 4.39 Å². The number of pyridine rings is 1. The number of benzene rings is 2. The van der Waals surface area contributed by atoms with E-state index < -0.39 is 6.10 Å². The lowest BCUT2D eigenvalue weighted by molar-refractivity contribution is 0.162. The summed E-state index contributed by atoms with van der Waals surface area (Å²) < 4.78 is 12.9. The summed E-state index contributed by atoms with van der Waals surface area (Å²) in [6, 6.07) is 12.9. The number of halogens is 1. The Morgan fingerprint density at radius 1 is 1.07 bits per heavy atom. The maximum Gasteiger partial charge on any atom is 0.123 e. The van der Waals surface area contributed by atoms with E-state index in [1.165, 1.54) is 34.0 Å². The van der Waals surface area contributed by atoms with Crippen LogP contribution in [0.5, 0.6) is 0 Å². The molecule has 142 valence electrons. The third kappa shape index (κ3) is 5.34. The number of rotatable bonds is 8. The van der Waals surface area contributed by atoms with Crippen LogP contribution in [0.3, 0.4) is 0 Å². The fourth-order valence-corrected chi connectivity index (χ4v) is 3.33. The van der Waals surface area contributed by atoms with Crippen LogP contribution in [-0.4, -0.2) is 16.1 Å². The molecule has 2 aromatic carbocycles. The second-order valence-corrected chi connectivity index (χ2v) is 7.29. The molecule has 27 heavy (non-hydrogen) atoms. The molecule has 1 aromatic heterocycles. The molecule has 0 spiro atoms. The van der Waals surface area contributed by atoms with Gasteiger partial charge in [0.2, 0.25) is 0 Å². The van der Waals surface area contributed by atoms with Gasteiger partial charge in [-0.3, -0.25) is 4.98 Å². The van der Waals surface area contributed by atoms with E-state index in [4.69, 9.17) is 0 Å². The van der Waals surface area contributed by atoms with E-state index in [1.54, 1.807) is 12.1 Å². The Hall–Kier alpha value is -2.30. The molecule has 1 unspecified atom stereocenters. The molecule has 0 fully saturated rings. The standard InChI is InChI=1S/C23H27FN2O/c1-16-13-25-15-20-7-6-18(12-22(16)20)14-26-17(2)4-3-5-23(27)19-8-10-21(24)11-9-19/h6-13,15,17,23,26-27H,3-5,14H2,1-2H3/t17-,23?/m1/s1. The summed E-state index contributed by atoms with van der Waals surface area (Å²) >= 11 is 0. The Balaban J connectivity index is 1.45. The summed E-state index contributed by atoms with van der Waals surface area (Å²) in [5, 5.41) is 16.2. The molecular formula is C23H27FN2O. The zero-order valence-electron chi connectivity index (χ0n) is 16.0. The first kappa shape index (κ1) is 19.5. The second-order valence-electron chi connectivity index (χ2n) is 7.29. The Kier molecular flexibility index (Phi) is 6.54. The van der Waals surface area contributed by atoms with Crippen molar-refractivity contribution < 1.29 is 9.50 Å². The van der Waals surface area contributed by atoms with Crippen molar-refractivity contribution >= 4 is 10.8 Å². The molecule has 0 aliphatic heterocycles. The number of nitrogens with one attached hydrogen (secondary N) is 1. The average molecular weight is 366 g/mol. The summed E-state index contributed by atoms with van der Waals surface area (Å²) in [6.07, 6.45) is 5.84. The molecule has 0 aliphatic carbocycles. The lowest BCUT2D eigenvalue weighted by atomic mass is 10.0. The summed E-state index contributed by atoms with van der Waals surface area (Å²) in [7, 11) is 0. The molecule has 0 radical (unpaired) electrons. The Morgan fingerprint density at radius 3 is 2.63 bits per heavy atom. The predicted octanol–water partition coefficient (Wildman–Crippen LogP) is 5.06. The largest absolute Gasteiger partial charge is 0.388 e. The second kappa shape index (κ2) is 9.07. The van der Waals surface area contributed by atoms with Crippen LogP contribution in [0.1, 0.15) is 49.0 Å². The third-order valence-corrected chi connectivity index (χ3v) is 5.05. The highest BCUT2D eigenvalue weighted by Gasteiger charge is 2.09. The Labute approximate surface area is 160 Å². The van der Waals surface area contributed by atoms with Gasteiger partial charge < -0.3 is 10.4 Å². The smallest absolute Gasteiger partial charge is 0.123 e. The van der Waals surface area contributed by atoms with E-state index in [2.05, 4.69) is 42.3 Å². The zero-order valence-corrected chi connectivity index (χ0v) is 16.0. The van der Waals surface area contributed by atoms with E-state index in [9.17, 15) is 9.50 Å². The Bertz CT molecular complexity index is 879. The van der Waals surface area contributed by atoms with Gasteiger partial charge >= 0.3 is 0 Å². The molecule has 1 heterocycles. The third-order valence-electron chi connectivity index (χ3n) is 5.05. The minimum absolute atomic E-state index is 0.274. The van der Waals surface area contributed by atoms with Crippen LogP contribution >= 0.6 is 0 Å². The molecule has 0 aliphatic rings. The van der Waals surface area contributed by atoms with Gasteiger partial charge in [0.15, 0.2) is 0 Å². The van der Waals surface area contributed by atoms with Crippen LogP contribution in [-0.2, 0) is 6.54 Å². The van der Waals surface area contributed by atoms with Crippen molar-refractivity contribution in [1.82, 2.24) is 10.3 Å². The van der Waals surface area contributed by atoms with E-state index in [-0.39, 0.29) is 5.82 Å². The van der Waals surface area contributed by atoms with Crippen molar-refractivity contribution in [3.05, 3.63) is 77.4 Å². The molecule has 0 saturated carbocycles. The summed E-state index contributed by atoms with van der Waals surface area (Å²) in [5.74, 6) is -0.274.